The molecular formula is C12H13N3O2. The minimum atomic E-state index is -0.927. The van der Waals surface area contributed by atoms with Crippen molar-refractivity contribution in [3.8, 4) is 0 Å². The van der Waals surface area contributed by atoms with E-state index in [0.717, 1.165) is 5.69 Å². The van der Waals surface area contributed by atoms with E-state index in [1.54, 1.807) is 29.2 Å². The first-order valence-electron chi connectivity index (χ1n) is 5.20. The number of rotatable bonds is 5. The number of imidazole rings is 1. The second kappa shape index (κ2) is 4.69. The van der Waals surface area contributed by atoms with E-state index in [9.17, 15) is 4.79 Å². The first kappa shape index (κ1) is 11.2. The highest BCUT2D eigenvalue weighted by Gasteiger charge is 2.12. The summed E-state index contributed by atoms with van der Waals surface area (Å²) >= 11 is 0. The molecule has 5 nitrogen and oxygen atoms in total. The molecule has 0 aliphatic carbocycles. The Morgan fingerprint density at radius 1 is 1.53 bits per heavy atom. The van der Waals surface area contributed by atoms with Gasteiger partial charge in [0.05, 0.1) is 12.9 Å². The molecule has 0 fully saturated rings. The number of aromatic nitrogens is 3. The maximum Gasteiger partial charge on any atom is 0.352 e. The van der Waals surface area contributed by atoms with Crippen LogP contribution in [0.2, 0.25) is 0 Å². The molecule has 0 amide bonds. The Labute approximate surface area is 98.6 Å². The van der Waals surface area contributed by atoms with Gasteiger partial charge < -0.3 is 14.2 Å². The monoisotopic (exact) mass is 231 g/mol. The molecule has 0 aliphatic rings. The molecule has 2 rings (SSSR count). The summed E-state index contributed by atoms with van der Waals surface area (Å²) in [6.45, 7) is 4.72. The molecule has 0 atom stereocenters. The van der Waals surface area contributed by atoms with Crippen molar-refractivity contribution in [1.29, 1.82) is 0 Å². The molecule has 0 bridgehead atoms. The third kappa shape index (κ3) is 2.28. The number of hydrogen-bond acceptors (Lipinski definition) is 2. The van der Waals surface area contributed by atoms with Crippen molar-refractivity contribution in [2.24, 2.45) is 0 Å². The Hall–Kier alpha value is -2.30. The van der Waals surface area contributed by atoms with E-state index in [4.69, 9.17) is 5.11 Å². The molecule has 88 valence electrons. The summed E-state index contributed by atoms with van der Waals surface area (Å²) in [5, 5.41) is 9.06. The number of hydrogen-bond donors (Lipinski definition) is 1. The Kier molecular flexibility index (Phi) is 3.09. The van der Waals surface area contributed by atoms with Gasteiger partial charge in [0.15, 0.2) is 0 Å². The van der Waals surface area contributed by atoms with Gasteiger partial charge >= 0.3 is 5.97 Å². The summed E-state index contributed by atoms with van der Waals surface area (Å²) in [7, 11) is 0. The van der Waals surface area contributed by atoms with Gasteiger partial charge in [-0.05, 0) is 12.1 Å². The zero-order valence-corrected chi connectivity index (χ0v) is 9.28. The van der Waals surface area contributed by atoms with Gasteiger partial charge in [0, 0.05) is 24.6 Å². The Morgan fingerprint density at radius 3 is 2.94 bits per heavy atom. The molecule has 0 radical (unpaired) electrons. The highest BCUT2D eigenvalue weighted by atomic mass is 16.4. The zero-order valence-electron chi connectivity index (χ0n) is 9.28. The summed E-state index contributed by atoms with van der Waals surface area (Å²) in [5.41, 5.74) is 1.19. The third-order valence-electron chi connectivity index (χ3n) is 2.51. The zero-order chi connectivity index (χ0) is 12.3. The van der Waals surface area contributed by atoms with Crippen LogP contribution >= 0.6 is 0 Å². The highest BCUT2D eigenvalue weighted by molar-refractivity contribution is 5.86. The maximum atomic E-state index is 11.0. The average Bonchev–Trinajstić information content (AvgIpc) is 2.90. The summed E-state index contributed by atoms with van der Waals surface area (Å²) < 4.78 is 3.62. The maximum absolute atomic E-state index is 11.0. The van der Waals surface area contributed by atoms with Crippen LogP contribution in [0.5, 0.6) is 0 Å². The van der Waals surface area contributed by atoms with Crippen LogP contribution in [-0.4, -0.2) is 25.2 Å². The summed E-state index contributed by atoms with van der Waals surface area (Å²) in [6.07, 6.45) is 6.92. The molecule has 2 aromatic heterocycles. The van der Waals surface area contributed by atoms with Crippen molar-refractivity contribution in [3.05, 3.63) is 54.9 Å². The molecule has 17 heavy (non-hydrogen) atoms. The predicted octanol–water partition coefficient (Wildman–Crippen LogP) is 1.62. The highest BCUT2D eigenvalue weighted by Crippen LogP contribution is 2.11. The first-order chi connectivity index (χ1) is 8.22. The minimum Gasteiger partial charge on any atom is -0.477 e. The number of nitrogens with zero attached hydrogens (tertiary/aromatic N) is 3. The molecule has 2 heterocycles. The van der Waals surface area contributed by atoms with Gasteiger partial charge in [-0.15, -0.1) is 6.58 Å². The molecule has 0 aromatic carbocycles. The van der Waals surface area contributed by atoms with Crippen molar-refractivity contribution in [3.63, 3.8) is 0 Å². The lowest BCUT2D eigenvalue weighted by atomic mass is 10.4. The van der Waals surface area contributed by atoms with E-state index in [1.807, 2.05) is 16.8 Å². The van der Waals surface area contributed by atoms with E-state index in [2.05, 4.69) is 11.6 Å². The second-order valence-corrected chi connectivity index (χ2v) is 3.65. The molecule has 0 saturated carbocycles. The summed E-state index contributed by atoms with van der Waals surface area (Å²) in [6, 6.07) is 3.42. The van der Waals surface area contributed by atoms with Crippen LogP contribution in [0.15, 0.2) is 43.5 Å². The van der Waals surface area contributed by atoms with Crippen LogP contribution in [0.25, 0.3) is 0 Å². The smallest absolute Gasteiger partial charge is 0.352 e. The molecule has 2 aromatic rings. The van der Waals surface area contributed by atoms with Crippen molar-refractivity contribution < 1.29 is 9.90 Å². The lowest BCUT2D eigenvalue weighted by Gasteiger charge is -2.09. The molecular weight excluding hydrogens is 218 g/mol. The average molecular weight is 231 g/mol. The first-order valence-corrected chi connectivity index (χ1v) is 5.20. The van der Waals surface area contributed by atoms with Crippen LogP contribution in [0.4, 0.5) is 0 Å². The lowest BCUT2D eigenvalue weighted by molar-refractivity contribution is 0.0685. The van der Waals surface area contributed by atoms with E-state index in [1.165, 1.54) is 0 Å². The Morgan fingerprint density at radius 2 is 2.35 bits per heavy atom. The van der Waals surface area contributed by atoms with Crippen LogP contribution in [-0.2, 0) is 13.1 Å². The fourth-order valence-electron chi connectivity index (χ4n) is 1.75. The van der Waals surface area contributed by atoms with Gasteiger partial charge in [0.25, 0.3) is 0 Å². The molecule has 0 aliphatic heterocycles. The summed E-state index contributed by atoms with van der Waals surface area (Å²) in [5.74, 6) is -0.927. The van der Waals surface area contributed by atoms with Crippen molar-refractivity contribution in [2.45, 2.75) is 13.1 Å². The third-order valence-corrected chi connectivity index (χ3v) is 2.51. The number of aromatic carboxylic acids is 1. The molecule has 0 spiro atoms. The van der Waals surface area contributed by atoms with Gasteiger partial charge in [0.1, 0.15) is 5.69 Å². The van der Waals surface area contributed by atoms with Crippen molar-refractivity contribution in [2.75, 3.05) is 0 Å². The summed E-state index contributed by atoms with van der Waals surface area (Å²) in [4.78, 5) is 15.0. The Bertz CT molecular complexity index is 526. The predicted molar refractivity (Wildman–Crippen MR) is 62.9 cm³/mol. The second-order valence-electron chi connectivity index (χ2n) is 3.65. The number of carboxylic acid groups (broad SMARTS) is 1. The van der Waals surface area contributed by atoms with E-state index >= 15 is 0 Å². The van der Waals surface area contributed by atoms with Crippen LogP contribution in [0, 0.1) is 0 Å². The fraction of sp³-hybridized carbons (Fsp3) is 0.167. The lowest BCUT2D eigenvalue weighted by Crippen LogP contribution is -2.12. The van der Waals surface area contributed by atoms with Crippen LogP contribution in [0.3, 0.4) is 0 Å². The molecule has 1 N–H and O–H groups in total. The topological polar surface area (TPSA) is 60.0 Å². The van der Waals surface area contributed by atoms with E-state index in [-0.39, 0.29) is 5.69 Å². The normalized spacial score (nSPS) is 10.4. The number of carbonyl (C=O) groups is 1. The number of allylic oxidation sites excluding steroid dienone is 1. The molecule has 0 saturated heterocycles. The van der Waals surface area contributed by atoms with E-state index in [0.29, 0.717) is 13.1 Å². The SMILES string of the molecule is C=CCn1c(Cn2ccnc2)ccc1C(=O)O. The van der Waals surface area contributed by atoms with E-state index < -0.39 is 5.97 Å². The van der Waals surface area contributed by atoms with Gasteiger partial charge in [-0.1, -0.05) is 6.08 Å². The van der Waals surface area contributed by atoms with Gasteiger partial charge in [-0.2, -0.15) is 0 Å². The molecule has 0 unspecified atom stereocenters. The van der Waals surface area contributed by atoms with Crippen LogP contribution in [0.1, 0.15) is 16.2 Å². The quantitative estimate of drug-likeness (QED) is 0.795. The largest absolute Gasteiger partial charge is 0.477 e. The Balaban J connectivity index is 2.33. The van der Waals surface area contributed by atoms with Gasteiger partial charge in [-0.3, -0.25) is 0 Å². The van der Waals surface area contributed by atoms with Crippen LogP contribution < -0.4 is 0 Å². The van der Waals surface area contributed by atoms with Gasteiger partial charge in [0.2, 0.25) is 0 Å². The molecule has 5 heteroatoms. The fourth-order valence-corrected chi connectivity index (χ4v) is 1.75. The van der Waals surface area contributed by atoms with Crippen molar-refractivity contribution in [1.82, 2.24) is 14.1 Å². The minimum absolute atomic E-state index is 0.278. The standard InChI is InChI=1S/C12H13N3O2/c1-2-6-15-10(3-4-11(15)12(16)17)8-14-7-5-13-9-14/h2-5,7,9H,1,6,8H2,(H,16,17). The van der Waals surface area contributed by atoms with Crippen molar-refractivity contribution >= 4 is 5.97 Å². The van der Waals surface area contributed by atoms with Gasteiger partial charge in [-0.25, -0.2) is 9.78 Å². The number of carboxylic acids is 1.